The standard InChI is InChI=1S/C18H27NO8S/c1-4-18(2,3)17(22)19-9-14(21)25-6-5-13(20)26-15-10-7-11-12(8-10)28(23,24)27-16(11)15/h10-12,15-16H,4-9H2,1-3H3,(H,19,22). The normalized spacial score (nSPS) is 32.2. The molecular formula is C18H27NO8S. The van der Waals surface area contributed by atoms with Crippen LogP contribution in [0.1, 0.15) is 46.5 Å². The highest BCUT2D eigenvalue weighted by Crippen LogP contribution is 2.55. The number of hydrogen-bond donors (Lipinski definition) is 1. The molecule has 0 spiro atoms. The van der Waals surface area contributed by atoms with Crippen molar-refractivity contribution in [2.75, 3.05) is 13.2 Å². The molecule has 0 aromatic heterocycles. The lowest BCUT2D eigenvalue weighted by atomic mass is 9.89. The van der Waals surface area contributed by atoms with Gasteiger partial charge in [-0.3, -0.25) is 18.6 Å². The lowest BCUT2D eigenvalue weighted by molar-refractivity contribution is -0.158. The summed E-state index contributed by atoms with van der Waals surface area (Å²) in [6.45, 7) is 5.00. The van der Waals surface area contributed by atoms with Gasteiger partial charge in [0.2, 0.25) is 5.91 Å². The van der Waals surface area contributed by atoms with Crippen molar-refractivity contribution in [3.63, 3.8) is 0 Å². The molecule has 2 saturated carbocycles. The second kappa shape index (κ2) is 7.62. The van der Waals surface area contributed by atoms with Gasteiger partial charge < -0.3 is 14.8 Å². The second-order valence-electron chi connectivity index (χ2n) is 8.33. The van der Waals surface area contributed by atoms with Gasteiger partial charge in [-0.05, 0) is 19.3 Å². The minimum Gasteiger partial charge on any atom is -0.464 e. The number of amides is 1. The topological polar surface area (TPSA) is 125 Å². The maximum Gasteiger partial charge on any atom is 0.325 e. The van der Waals surface area contributed by atoms with Gasteiger partial charge >= 0.3 is 11.9 Å². The lowest BCUT2D eigenvalue weighted by Gasteiger charge is -2.24. The van der Waals surface area contributed by atoms with E-state index in [1.807, 2.05) is 6.92 Å². The Morgan fingerprint density at radius 3 is 2.57 bits per heavy atom. The fourth-order valence-corrected chi connectivity index (χ4v) is 5.99. The highest BCUT2D eigenvalue weighted by molar-refractivity contribution is 7.87. The van der Waals surface area contributed by atoms with Crippen LogP contribution < -0.4 is 5.32 Å². The van der Waals surface area contributed by atoms with Gasteiger partial charge in [-0.15, -0.1) is 0 Å². The number of ether oxygens (including phenoxy) is 2. The van der Waals surface area contributed by atoms with Crippen LogP contribution >= 0.6 is 0 Å². The van der Waals surface area contributed by atoms with Crippen molar-refractivity contribution in [3.05, 3.63) is 0 Å². The molecule has 0 radical (unpaired) electrons. The molecule has 1 saturated heterocycles. The molecule has 5 unspecified atom stereocenters. The first-order valence-electron chi connectivity index (χ1n) is 9.60. The molecule has 1 N–H and O–H groups in total. The Morgan fingerprint density at radius 1 is 1.18 bits per heavy atom. The molecule has 1 heterocycles. The number of fused-ring (bicyclic) bond motifs is 1. The molecule has 0 aromatic rings. The second-order valence-corrected chi connectivity index (χ2v) is 10.1. The molecule has 0 aromatic carbocycles. The Labute approximate surface area is 164 Å². The average Bonchev–Trinajstić information content (AvgIpc) is 3.24. The van der Waals surface area contributed by atoms with Crippen molar-refractivity contribution in [1.82, 2.24) is 5.32 Å². The van der Waals surface area contributed by atoms with Crippen molar-refractivity contribution < 1.29 is 36.5 Å². The van der Waals surface area contributed by atoms with E-state index < -0.39 is 44.9 Å². The van der Waals surface area contributed by atoms with E-state index >= 15 is 0 Å². The zero-order valence-electron chi connectivity index (χ0n) is 16.3. The van der Waals surface area contributed by atoms with Gasteiger partial charge in [-0.1, -0.05) is 20.8 Å². The van der Waals surface area contributed by atoms with Gasteiger partial charge in [0.25, 0.3) is 10.1 Å². The van der Waals surface area contributed by atoms with Crippen molar-refractivity contribution >= 4 is 28.0 Å². The molecule has 1 amide bonds. The minimum absolute atomic E-state index is 0.000840. The van der Waals surface area contributed by atoms with Crippen LogP contribution in [0, 0.1) is 17.3 Å². The van der Waals surface area contributed by atoms with E-state index in [1.54, 1.807) is 13.8 Å². The maximum atomic E-state index is 12.0. The zero-order valence-corrected chi connectivity index (χ0v) is 17.1. The Kier molecular flexibility index (Phi) is 5.73. The molecule has 28 heavy (non-hydrogen) atoms. The molecule has 9 nitrogen and oxygen atoms in total. The fraction of sp³-hybridized carbons (Fsp3) is 0.833. The molecule has 5 atom stereocenters. The van der Waals surface area contributed by atoms with E-state index in [1.165, 1.54) is 0 Å². The van der Waals surface area contributed by atoms with Crippen LogP contribution in [-0.2, 0) is 38.2 Å². The highest BCUT2D eigenvalue weighted by Gasteiger charge is 2.65. The summed E-state index contributed by atoms with van der Waals surface area (Å²) in [5.74, 6) is -1.54. The minimum atomic E-state index is -3.55. The van der Waals surface area contributed by atoms with Crippen LogP contribution in [0.2, 0.25) is 0 Å². The smallest absolute Gasteiger partial charge is 0.325 e. The summed E-state index contributed by atoms with van der Waals surface area (Å²) in [6, 6.07) is 0. The number of hydrogen-bond acceptors (Lipinski definition) is 8. The monoisotopic (exact) mass is 417 g/mol. The van der Waals surface area contributed by atoms with Crippen LogP contribution in [-0.4, -0.2) is 56.9 Å². The van der Waals surface area contributed by atoms with Crippen LogP contribution in [0.15, 0.2) is 0 Å². The van der Waals surface area contributed by atoms with E-state index in [0.717, 1.165) is 0 Å². The quantitative estimate of drug-likeness (QED) is 0.448. The van der Waals surface area contributed by atoms with E-state index in [9.17, 15) is 22.8 Å². The molecule has 2 aliphatic carbocycles. The third-order valence-corrected chi connectivity index (χ3v) is 7.92. The predicted molar refractivity (Wildman–Crippen MR) is 96.3 cm³/mol. The Balaban J connectivity index is 1.37. The average molecular weight is 417 g/mol. The number of esters is 2. The van der Waals surface area contributed by atoms with Gasteiger partial charge in [0.1, 0.15) is 25.4 Å². The molecular weight excluding hydrogens is 390 g/mol. The van der Waals surface area contributed by atoms with Crippen molar-refractivity contribution in [1.29, 1.82) is 0 Å². The summed E-state index contributed by atoms with van der Waals surface area (Å²) in [5, 5.41) is 2.05. The molecule has 3 aliphatic rings. The van der Waals surface area contributed by atoms with E-state index in [0.29, 0.717) is 19.3 Å². The lowest BCUT2D eigenvalue weighted by Crippen LogP contribution is -2.40. The highest BCUT2D eigenvalue weighted by atomic mass is 32.2. The predicted octanol–water partition coefficient (Wildman–Crippen LogP) is 0.521. The molecule has 3 fully saturated rings. The molecule has 3 rings (SSSR count). The largest absolute Gasteiger partial charge is 0.464 e. The molecule has 2 bridgehead atoms. The van der Waals surface area contributed by atoms with Crippen molar-refractivity contribution in [2.24, 2.45) is 17.3 Å². The number of nitrogens with one attached hydrogen (secondary N) is 1. The van der Waals surface area contributed by atoms with E-state index in [4.69, 9.17) is 13.7 Å². The van der Waals surface area contributed by atoms with E-state index in [2.05, 4.69) is 5.32 Å². The van der Waals surface area contributed by atoms with Crippen molar-refractivity contribution in [2.45, 2.75) is 63.9 Å². The van der Waals surface area contributed by atoms with Crippen molar-refractivity contribution in [3.8, 4) is 0 Å². The number of carbonyl (C=O) groups is 3. The Hall–Kier alpha value is -1.68. The summed E-state index contributed by atoms with van der Waals surface area (Å²) in [7, 11) is -3.55. The first-order valence-corrected chi connectivity index (χ1v) is 11.1. The summed E-state index contributed by atoms with van der Waals surface area (Å²) in [4.78, 5) is 35.6. The van der Waals surface area contributed by atoms with E-state index in [-0.39, 0.29) is 37.3 Å². The van der Waals surface area contributed by atoms with Gasteiger partial charge in [0, 0.05) is 17.3 Å². The molecule has 10 heteroatoms. The maximum absolute atomic E-state index is 12.0. The third-order valence-electron chi connectivity index (χ3n) is 6.14. The first kappa shape index (κ1) is 21.0. The van der Waals surface area contributed by atoms with Crippen LogP contribution in [0.3, 0.4) is 0 Å². The van der Waals surface area contributed by atoms with Crippen LogP contribution in [0.4, 0.5) is 0 Å². The van der Waals surface area contributed by atoms with Gasteiger partial charge in [-0.25, -0.2) is 0 Å². The SMILES string of the molecule is CCC(C)(C)C(=O)NCC(=O)OCCC(=O)OC1C2CC3C1OS(=O)(=O)C3C2. The van der Waals surface area contributed by atoms with Crippen LogP contribution in [0.25, 0.3) is 0 Å². The Morgan fingerprint density at radius 2 is 1.89 bits per heavy atom. The Bertz CT molecular complexity index is 762. The molecule has 1 aliphatic heterocycles. The summed E-state index contributed by atoms with van der Waals surface area (Å²) in [6.07, 6.45) is 0.501. The number of carbonyl (C=O) groups excluding carboxylic acids is 3. The van der Waals surface area contributed by atoms with Gasteiger partial charge in [0.15, 0.2) is 0 Å². The third kappa shape index (κ3) is 4.03. The number of rotatable bonds is 8. The summed E-state index contributed by atoms with van der Waals surface area (Å²) in [5.41, 5.74) is -0.570. The summed E-state index contributed by atoms with van der Waals surface area (Å²) >= 11 is 0. The fourth-order valence-electron chi connectivity index (χ4n) is 4.11. The molecule has 158 valence electrons. The van der Waals surface area contributed by atoms with Gasteiger partial charge in [0.05, 0.1) is 11.7 Å². The van der Waals surface area contributed by atoms with Gasteiger partial charge in [-0.2, -0.15) is 8.42 Å². The van der Waals surface area contributed by atoms with Crippen LogP contribution in [0.5, 0.6) is 0 Å². The first-order chi connectivity index (χ1) is 13.0. The zero-order chi connectivity index (χ0) is 20.7. The summed E-state index contributed by atoms with van der Waals surface area (Å²) < 4.78 is 39.3.